The summed E-state index contributed by atoms with van der Waals surface area (Å²) in [4.78, 5) is 24.7. The van der Waals surface area contributed by atoms with E-state index in [1.165, 1.54) is 12.8 Å². The van der Waals surface area contributed by atoms with Gasteiger partial charge in [-0.15, -0.1) is 0 Å². The molecule has 3 aliphatic carbocycles. The Morgan fingerprint density at radius 1 is 1.11 bits per heavy atom. The van der Waals surface area contributed by atoms with Crippen LogP contribution in [0.4, 0.5) is 0 Å². The highest BCUT2D eigenvalue weighted by atomic mass is 16.1. The lowest BCUT2D eigenvalue weighted by molar-refractivity contribution is -0.133. The maximum absolute atomic E-state index is 13.1. The quantitative estimate of drug-likeness (QED) is 0.695. The predicted molar refractivity (Wildman–Crippen MR) is 110 cm³/mol. The molecule has 0 aromatic heterocycles. The fourth-order valence-corrected chi connectivity index (χ4v) is 6.98. The Morgan fingerprint density at radius 2 is 1.81 bits per heavy atom. The van der Waals surface area contributed by atoms with Crippen LogP contribution in [0.3, 0.4) is 0 Å². The third-order valence-electron chi connectivity index (χ3n) is 8.96. The van der Waals surface area contributed by atoms with E-state index in [2.05, 4.69) is 33.8 Å². The second-order valence-electron chi connectivity index (χ2n) is 10.3. The van der Waals surface area contributed by atoms with Crippen molar-refractivity contribution in [3.05, 3.63) is 12.2 Å². The molecule has 3 saturated carbocycles. The normalized spacial score (nSPS) is 45.3. The van der Waals surface area contributed by atoms with Crippen molar-refractivity contribution in [2.45, 2.75) is 85.6 Å². The van der Waals surface area contributed by atoms with Crippen LogP contribution in [0.25, 0.3) is 0 Å². The zero-order valence-corrected chi connectivity index (χ0v) is 18.0. The maximum Gasteiger partial charge on any atom is 0.152 e. The van der Waals surface area contributed by atoms with Crippen molar-refractivity contribution in [1.82, 2.24) is 0 Å². The van der Waals surface area contributed by atoms with Crippen molar-refractivity contribution in [2.24, 2.45) is 46.2 Å². The molecule has 8 atom stereocenters. The number of nitrogens with two attached hydrogens (primary N) is 1. The van der Waals surface area contributed by atoms with E-state index in [9.17, 15) is 9.59 Å². The molecule has 8 unspecified atom stereocenters. The van der Waals surface area contributed by atoms with Crippen LogP contribution in [0.1, 0.15) is 79.6 Å². The average molecular weight is 374 g/mol. The molecular weight excluding hydrogens is 334 g/mol. The summed E-state index contributed by atoms with van der Waals surface area (Å²) >= 11 is 0. The lowest BCUT2D eigenvalue weighted by atomic mass is 9.48. The van der Waals surface area contributed by atoms with Gasteiger partial charge < -0.3 is 5.73 Å². The predicted octanol–water partition coefficient (Wildman–Crippen LogP) is 4.93. The van der Waals surface area contributed by atoms with Crippen LogP contribution in [0, 0.1) is 40.4 Å². The first kappa shape index (κ1) is 20.8. The number of Topliss-reactive ketones (excluding diaryl/α,β-unsaturated/α-hetero) is 1. The van der Waals surface area contributed by atoms with E-state index in [0.29, 0.717) is 23.5 Å². The first-order valence-corrected chi connectivity index (χ1v) is 11.1. The van der Waals surface area contributed by atoms with Crippen LogP contribution in [-0.2, 0) is 9.59 Å². The molecule has 3 fully saturated rings. The smallest absolute Gasteiger partial charge is 0.152 e. The van der Waals surface area contributed by atoms with E-state index in [1.54, 1.807) is 13.0 Å². The van der Waals surface area contributed by atoms with Crippen LogP contribution in [0.15, 0.2) is 12.2 Å². The Hall–Kier alpha value is -0.960. The minimum Gasteiger partial charge on any atom is -0.327 e. The number of allylic oxidation sites excluding steroid dienone is 1. The lowest BCUT2D eigenvalue weighted by Crippen LogP contribution is -2.56. The van der Waals surface area contributed by atoms with Gasteiger partial charge in [-0.1, -0.05) is 33.8 Å². The summed E-state index contributed by atoms with van der Waals surface area (Å²) in [6.45, 7) is 10.5. The number of carbonyl (C=O) groups is 2. The van der Waals surface area contributed by atoms with Gasteiger partial charge in [0.15, 0.2) is 5.78 Å². The van der Waals surface area contributed by atoms with Gasteiger partial charge in [0, 0.05) is 23.3 Å². The fourth-order valence-electron chi connectivity index (χ4n) is 6.98. The van der Waals surface area contributed by atoms with Gasteiger partial charge in [-0.2, -0.15) is 0 Å². The summed E-state index contributed by atoms with van der Waals surface area (Å²) in [6, 6.07) is 0.123. The molecule has 0 aromatic rings. The molecule has 0 spiro atoms. The van der Waals surface area contributed by atoms with Crippen molar-refractivity contribution in [1.29, 1.82) is 0 Å². The third kappa shape index (κ3) is 3.34. The minimum atomic E-state index is -0.102. The molecule has 27 heavy (non-hydrogen) atoms. The van der Waals surface area contributed by atoms with E-state index in [-0.39, 0.29) is 34.5 Å². The molecule has 2 N–H and O–H groups in total. The Bertz CT molecular complexity index is 626. The van der Waals surface area contributed by atoms with Crippen molar-refractivity contribution < 1.29 is 9.59 Å². The first-order valence-electron chi connectivity index (χ1n) is 11.1. The Morgan fingerprint density at radius 3 is 2.44 bits per heavy atom. The molecule has 0 amide bonds. The van der Waals surface area contributed by atoms with E-state index in [1.807, 2.05) is 0 Å². The number of rotatable bonds is 5. The summed E-state index contributed by atoms with van der Waals surface area (Å²) in [5.41, 5.74) is 6.65. The fraction of sp³-hybridized carbons (Fsp3) is 0.833. The molecule has 0 saturated heterocycles. The molecule has 0 aliphatic heterocycles. The Balaban J connectivity index is 1.88. The number of hydrogen-bond acceptors (Lipinski definition) is 3. The van der Waals surface area contributed by atoms with Crippen LogP contribution in [0.5, 0.6) is 0 Å². The Labute approximate surface area is 165 Å². The molecule has 3 nitrogen and oxygen atoms in total. The zero-order valence-electron chi connectivity index (χ0n) is 18.0. The summed E-state index contributed by atoms with van der Waals surface area (Å²) in [5, 5.41) is 0. The van der Waals surface area contributed by atoms with Crippen LogP contribution in [-0.4, -0.2) is 17.6 Å². The van der Waals surface area contributed by atoms with Crippen LogP contribution in [0.2, 0.25) is 0 Å². The molecule has 152 valence electrons. The summed E-state index contributed by atoms with van der Waals surface area (Å²) in [6.07, 6.45) is 11.5. The minimum absolute atomic E-state index is 0.102. The third-order valence-corrected chi connectivity index (χ3v) is 8.96. The van der Waals surface area contributed by atoms with E-state index in [4.69, 9.17) is 5.73 Å². The Kier molecular flexibility index (Phi) is 5.74. The standard InChI is InChI=1S/C24H39NO2/c1-6-15(2)22(27)20-9-8-18-17-7-10-21(25)24(5,13-11-16(3)26)19(17)12-14-23(18,20)4/h11,13,15,17-21H,6-10,12,14,25H2,1-5H3/b13-11-. The van der Waals surface area contributed by atoms with Gasteiger partial charge in [-0.25, -0.2) is 0 Å². The average Bonchev–Trinajstić information content (AvgIpc) is 2.99. The van der Waals surface area contributed by atoms with Crippen molar-refractivity contribution in [2.75, 3.05) is 0 Å². The van der Waals surface area contributed by atoms with Gasteiger partial charge in [-0.05, 0) is 81.1 Å². The van der Waals surface area contributed by atoms with Gasteiger partial charge in [0.2, 0.25) is 0 Å². The van der Waals surface area contributed by atoms with E-state index in [0.717, 1.165) is 32.1 Å². The number of ketones is 2. The second-order valence-corrected chi connectivity index (χ2v) is 10.3. The van der Waals surface area contributed by atoms with Gasteiger partial charge >= 0.3 is 0 Å². The zero-order chi connectivity index (χ0) is 20.0. The highest BCUT2D eigenvalue weighted by Gasteiger charge is 2.59. The SMILES string of the molecule is CCC(C)C(=O)C1CCC2C3CCC(N)C(C)(/C=C\C(C)=O)C3CCC12C. The van der Waals surface area contributed by atoms with E-state index < -0.39 is 0 Å². The molecule has 0 heterocycles. The van der Waals surface area contributed by atoms with E-state index >= 15 is 0 Å². The second kappa shape index (κ2) is 7.46. The van der Waals surface area contributed by atoms with Gasteiger partial charge in [0.25, 0.3) is 0 Å². The van der Waals surface area contributed by atoms with Gasteiger partial charge in [-0.3, -0.25) is 9.59 Å². The van der Waals surface area contributed by atoms with Crippen molar-refractivity contribution in [3.63, 3.8) is 0 Å². The molecule has 3 rings (SSSR count). The topological polar surface area (TPSA) is 60.2 Å². The molecule has 0 bridgehead atoms. The highest BCUT2D eigenvalue weighted by molar-refractivity contribution is 5.87. The van der Waals surface area contributed by atoms with Gasteiger partial charge in [0.05, 0.1) is 0 Å². The van der Waals surface area contributed by atoms with Gasteiger partial charge in [0.1, 0.15) is 5.78 Å². The summed E-state index contributed by atoms with van der Waals surface area (Å²) in [7, 11) is 0. The number of carbonyl (C=O) groups excluding carboxylic acids is 2. The molecular formula is C24H39NO2. The highest BCUT2D eigenvalue weighted by Crippen LogP contribution is 2.64. The largest absolute Gasteiger partial charge is 0.327 e. The summed E-state index contributed by atoms with van der Waals surface area (Å²) in [5.74, 6) is 2.85. The van der Waals surface area contributed by atoms with Crippen molar-refractivity contribution in [3.8, 4) is 0 Å². The lowest BCUT2D eigenvalue weighted by Gasteiger charge is -2.57. The number of fused-ring (bicyclic) bond motifs is 3. The molecule has 3 aliphatic rings. The number of hydrogen-bond donors (Lipinski definition) is 1. The van der Waals surface area contributed by atoms with Crippen LogP contribution >= 0.6 is 0 Å². The van der Waals surface area contributed by atoms with Crippen LogP contribution < -0.4 is 5.73 Å². The summed E-state index contributed by atoms with van der Waals surface area (Å²) < 4.78 is 0. The first-order chi connectivity index (χ1) is 12.6. The monoisotopic (exact) mass is 373 g/mol. The van der Waals surface area contributed by atoms with Crippen molar-refractivity contribution >= 4 is 11.6 Å². The maximum atomic E-state index is 13.1. The molecule has 0 radical (unpaired) electrons. The molecule has 0 aromatic carbocycles. The molecule has 3 heteroatoms.